The zero-order valence-electron chi connectivity index (χ0n) is 16.3. The Hall–Kier alpha value is -3.11. The molecule has 1 atom stereocenters. The van der Waals surface area contributed by atoms with Crippen molar-refractivity contribution >= 4 is 11.4 Å². The zero-order valence-corrected chi connectivity index (χ0v) is 16.3. The molecule has 4 heteroatoms. The molecule has 0 aromatic heterocycles. The molecule has 0 saturated carbocycles. The van der Waals surface area contributed by atoms with E-state index in [2.05, 4.69) is 46.2 Å². The molecule has 3 aromatic rings. The highest BCUT2D eigenvalue weighted by Gasteiger charge is 2.38. The Morgan fingerprint density at radius 2 is 1.50 bits per heavy atom. The molecule has 0 N–H and O–H groups in total. The number of hydrogen-bond acceptors (Lipinski definition) is 3. The van der Waals surface area contributed by atoms with Crippen molar-refractivity contribution in [3.05, 3.63) is 107 Å². The molecule has 0 fully saturated rings. The minimum Gasteiger partial charge on any atom is -0.622 e. The number of rotatable bonds is 5. The fourth-order valence-corrected chi connectivity index (χ4v) is 3.74. The van der Waals surface area contributed by atoms with Crippen molar-refractivity contribution in [3.8, 4) is 0 Å². The van der Waals surface area contributed by atoms with Gasteiger partial charge in [0.15, 0.2) is 0 Å². The van der Waals surface area contributed by atoms with Crippen molar-refractivity contribution in [2.24, 2.45) is 0 Å². The van der Waals surface area contributed by atoms with Gasteiger partial charge in [0.1, 0.15) is 0 Å². The van der Waals surface area contributed by atoms with E-state index in [1.165, 1.54) is 10.3 Å². The van der Waals surface area contributed by atoms with E-state index >= 15 is 0 Å². The largest absolute Gasteiger partial charge is 0.622 e. The van der Waals surface area contributed by atoms with E-state index < -0.39 is 0 Å². The van der Waals surface area contributed by atoms with E-state index in [0.29, 0.717) is 6.54 Å². The zero-order chi connectivity index (χ0) is 19.5. The third-order valence-electron chi connectivity index (χ3n) is 5.23. The average Bonchev–Trinajstić information content (AvgIpc) is 3.05. The van der Waals surface area contributed by atoms with Gasteiger partial charge in [0.2, 0.25) is 11.9 Å². The van der Waals surface area contributed by atoms with Crippen LogP contribution in [0.1, 0.15) is 22.9 Å². The summed E-state index contributed by atoms with van der Waals surface area (Å²) in [5.41, 5.74) is 5.16. The van der Waals surface area contributed by atoms with Gasteiger partial charge in [-0.15, -0.1) is 0 Å². The summed E-state index contributed by atoms with van der Waals surface area (Å²) in [5, 5.41) is 13.4. The molecule has 142 valence electrons. The summed E-state index contributed by atoms with van der Waals surface area (Å²) < 4.78 is 1.18. The summed E-state index contributed by atoms with van der Waals surface area (Å²) >= 11 is 0. The maximum absolute atomic E-state index is 13.4. The first-order chi connectivity index (χ1) is 13.6. The fourth-order valence-electron chi connectivity index (χ4n) is 3.74. The number of benzene rings is 3. The Kier molecular flexibility index (Phi) is 5.13. The maximum Gasteiger partial charge on any atom is 0.246 e. The van der Waals surface area contributed by atoms with Crippen LogP contribution < -0.4 is 4.90 Å². The molecule has 4 rings (SSSR count). The van der Waals surface area contributed by atoms with Gasteiger partial charge in [0, 0.05) is 37.5 Å². The monoisotopic (exact) mass is 371 g/mol. The van der Waals surface area contributed by atoms with Crippen LogP contribution in [0, 0.1) is 5.21 Å². The molecule has 1 unspecified atom stereocenters. The number of hydrogen-bond donors (Lipinski definition) is 0. The van der Waals surface area contributed by atoms with Crippen molar-refractivity contribution in [1.82, 2.24) is 4.90 Å². The Morgan fingerprint density at radius 1 is 0.893 bits per heavy atom. The second-order valence-corrected chi connectivity index (χ2v) is 7.39. The Bertz CT molecular complexity index is 950. The quantitative estimate of drug-likeness (QED) is 0.496. The van der Waals surface area contributed by atoms with E-state index in [1.54, 1.807) is 0 Å². The van der Waals surface area contributed by atoms with E-state index in [9.17, 15) is 5.21 Å². The molecule has 0 saturated heterocycles. The molecule has 4 nitrogen and oxygen atoms in total. The van der Waals surface area contributed by atoms with Crippen LogP contribution in [0.25, 0.3) is 0 Å². The third-order valence-corrected chi connectivity index (χ3v) is 5.23. The molecular weight excluding hydrogens is 346 g/mol. The van der Waals surface area contributed by atoms with Gasteiger partial charge >= 0.3 is 0 Å². The molecular formula is C24H25N3O. The number of hydroxylamine groups is 1. The predicted octanol–water partition coefficient (Wildman–Crippen LogP) is 4.27. The van der Waals surface area contributed by atoms with E-state index in [0.717, 1.165) is 29.1 Å². The first kappa shape index (κ1) is 18.3. The molecule has 0 aliphatic carbocycles. The fraction of sp³-hybridized carbons (Fsp3) is 0.208. The highest BCUT2D eigenvalue weighted by atomic mass is 16.5. The third kappa shape index (κ3) is 3.64. The van der Waals surface area contributed by atoms with Gasteiger partial charge in [-0.3, -0.25) is 0 Å². The molecule has 1 heterocycles. The Morgan fingerprint density at radius 3 is 2.11 bits per heavy atom. The van der Waals surface area contributed by atoms with Crippen LogP contribution >= 0.6 is 0 Å². The second-order valence-electron chi connectivity index (χ2n) is 7.39. The highest BCUT2D eigenvalue weighted by molar-refractivity contribution is 5.99. The van der Waals surface area contributed by atoms with Crippen molar-refractivity contribution < 1.29 is 4.74 Å². The summed E-state index contributed by atoms with van der Waals surface area (Å²) in [4.78, 5) is 4.31. The first-order valence-electron chi connectivity index (χ1n) is 9.56. The highest BCUT2D eigenvalue weighted by Crippen LogP contribution is 2.30. The van der Waals surface area contributed by atoms with Crippen molar-refractivity contribution in [2.75, 3.05) is 25.5 Å². The summed E-state index contributed by atoms with van der Waals surface area (Å²) in [6.45, 7) is 1.36. The van der Waals surface area contributed by atoms with Crippen LogP contribution in [-0.4, -0.2) is 36.0 Å². The number of anilines is 1. The molecule has 0 amide bonds. The van der Waals surface area contributed by atoms with Gasteiger partial charge in [-0.1, -0.05) is 48.5 Å². The van der Waals surface area contributed by atoms with Crippen LogP contribution in [0.15, 0.2) is 84.9 Å². The Labute approximate surface area is 166 Å². The average molecular weight is 371 g/mol. The molecule has 0 radical (unpaired) electrons. The summed E-state index contributed by atoms with van der Waals surface area (Å²) in [6, 6.07) is 28.6. The van der Waals surface area contributed by atoms with Crippen LogP contribution in [0.3, 0.4) is 0 Å². The van der Waals surface area contributed by atoms with Gasteiger partial charge in [-0.2, -0.15) is 4.74 Å². The lowest BCUT2D eigenvalue weighted by Gasteiger charge is -2.23. The van der Waals surface area contributed by atoms with Gasteiger partial charge < -0.3 is 10.1 Å². The standard InChI is InChI=1S/C24H25N3O/c1-25(2)22-15-13-21(14-16-22)24-26(17-19-9-5-3-6-10-19)18-23(27(24)28)20-11-7-4-8-12-20/h3-16,24H,17-18H2,1-2H3. The van der Waals surface area contributed by atoms with Crippen LogP contribution in [-0.2, 0) is 6.54 Å². The first-order valence-corrected chi connectivity index (χ1v) is 9.56. The minimum absolute atomic E-state index is 0.327. The Balaban J connectivity index is 1.71. The smallest absolute Gasteiger partial charge is 0.246 e. The molecule has 3 aromatic carbocycles. The molecule has 1 aliphatic rings. The maximum atomic E-state index is 13.4. The lowest BCUT2D eigenvalue weighted by atomic mass is 10.1. The van der Waals surface area contributed by atoms with Gasteiger partial charge in [0.05, 0.1) is 6.54 Å². The normalized spacial score (nSPS) is 17.1. The van der Waals surface area contributed by atoms with Gasteiger partial charge in [0.25, 0.3) is 0 Å². The van der Waals surface area contributed by atoms with Crippen LogP contribution in [0.4, 0.5) is 5.69 Å². The minimum atomic E-state index is -0.327. The van der Waals surface area contributed by atoms with E-state index in [4.69, 9.17) is 0 Å². The van der Waals surface area contributed by atoms with Crippen LogP contribution in [0.5, 0.6) is 0 Å². The van der Waals surface area contributed by atoms with Crippen molar-refractivity contribution in [2.45, 2.75) is 12.7 Å². The van der Waals surface area contributed by atoms with Crippen molar-refractivity contribution in [1.29, 1.82) is 0 Å². The van der Waals surface area contributed by atoms with Gasteiger partial charge in [-0.25, -0.2) is 4.90 Å². The summed E-state index contributed by atoms with van der Waals surface area (Å²) in [7, 11) is 4.04. The number of nitrogens with zero attached hydrogens (tertiary/aromatic N) is 3. The van der Waals surface area contributed by atoms with E-state index in [1.807, 2.05) is 62.6 Å². The SMILES string of the molecule is CN(C)c1ccc(C2N(Cc3ccccc3)CC(c3ccccc3)=[N+]2[O-])cc1. The molecule has 0 spiro atoms. The predicted molar refractivity (Wildman–Crippen MR) is 115 cm³/mol. The molecule has 0 bridgehead atoms. The van der Waals surface area contributed by atoms with Gasteiger partial charge in [-0.05, 0) is 42.0 Å². The summed E-state index contributed by atoms with van der Waals surface area (Å²) in [5.74, 6) is 0. The van der Waals surface area contributed by atoms with Crippen LogP contribution in [0.2, 0.25) is 0 Å². The molecule has 1 aliphatic heterocycles. The van der Waals surface area contributed by atoms with Crippen molar-refractivity contribution in [3.63, 3.8) is 0 Å². The lowest BCUT2D eigenvalue weighted by Crippen LogP contribution is -2.28. The summed E-state index contributed by atoms with van der Waals surface area (Å²) in [6.07, 6.45) is -0.327. The van der Waals surface area contributed by atoms with E-state index in [-0.39, 0.29) is 6.17 Å². The lowest BCUT2D eigenvalue weighted by molar-refractivity contribution is -0.523. The second kappa shape index (κ2) is 7.87. The molecule has 28 heavy (non-hydrogen) atoms. The topological polar surface area (TPSA) is 32.5 Å².